The zero-order valence-electron chi connectivity index (χ0n) is 27.3. The van der Waals surface area contributed by atoms with E-state index in [0.29, 0.717) is 0 Å². The van der Waals surface area contributed by atoms with E-state index in [9.17, 15) is 0 Å². The van der Waals surface area contributed by atoms with Crippen molar-refractivity contribution in [2.24, 2.45) is 0 Å². The smallest absolute Gasteiger partial charge is 0.0467 e. The quantitative estimate of drug-likeness (QED) is 0.180. The van der Waals surface area contributed by atoms with Gasteiger partial charge in [-0.2, -0.15) is 0 Å². The van der Waals surface area contributed by atoms with Gasteiger partial charge in [0.25, 0.3) is 0 Å². The molecule has 1 aliphatic carbocycles. The minimum atomic E-state index is 0.134. The molecular weight excluding hydrogens is 556 g/mol. The van der Waals surface area contributed by atoms with Crippen LogP contribution in [0.3, 0.4) is 0 Å². The number of benzene rings is 6. The summed E-state index contributed by atoms with van der Waals surface area (Å²) in [5.41, 5.74) is 12.5. The normalized spacial score (nSPS) is 14.7. The van der Waals surface area contributed by atoms with E-state index in [4.69, 9.17) is 0 Å². The first kappa shape index (κ1) is 29.6. The summed E-state index contributed by atoms with van der Waals surface area (Å²) in [4.78, 5) is 4.73. The number of para-hydroxylation sites is 3. The SMILES string of the molecule is CC1(C)CCC(C)(C)c2cc(N(c3ccccc3)c3cccc(-c4cccc(N(c5ccccc5)c5ccccc5)c4)c3)ccc21. The fourth-order valence-electron chi connectivity index (χ4n) is 6.99. The molecule has 7 rings (SSSR count). The minimum Gasteiger partial charge on any atom is -0.310 e. The predicted molar refractivity (Wildman–Crippen MR) is 197 cm³/mol. The Kier molecular flexibility index (Phi) is 7.74. The van der Waals surface area contributed by atoms with Crippen molar-refractivity contribution in [3.8, 4) is 11.1 Å². The summed E-state index contributed by atoms with van der Waals surface area (Å²) < 4.78 is 0. The molecule has 0 heterocycles. The van der Waals surface area contributed by atoms with Crippen molar-refractivity contribution in [2.45, 2.75) is 51.4 Å². The van der Waals surface area contributed by atoms with Gasteiger partial charge in [-0.1, -0.05) is 113 Å². The Labute approximate surface area is 274 Å². The molecule has 228 valence electrons. The molecule has 0 bridgehead atoms. The van der Waals surface area contributed by atoms with E-state index >= 15 is 0 Å². The molecule has 0 atom stereocenters. The molecule has 0 fully saturated rings. The van der Waals surface area contributed by atoms with Gasteiger partial charge in [0.1, 0.15) is 0 Å². The lowest BCUT2D eigenvalue weighted by molar-refractivity contribution is 0.332. The molecule has 46 heavy (non-hydrogen) atoms. The summed E-state index contributed by atoms with van der Waals surface area (Å²) in [5.74, 6) is 0. The monoisotopic (exact) mass is 598 g/mol. The molecule has 0 saturated carbocycles. The van der Waals surface area contributed by atoms with Crippen LogP contribution in [0.4, 0.5) is 34.1 Å². The summed E-state index contributed by atoms with van der Waals surface area (Å²) in [6, 6.07) is 56.9. The van der Waals surface area contributed by atoms with Gasteiger partial charge in [-0.25, -0.2) is 0 Å². The lowest BCUT2D eigenvalue weighted by Gasteiger charge is -2.42. The van der Waals surface area contributed by atoms with E-state index in [1.807, 2.05) is 0 Å². The van der Waals surface area contributed by atoms with Gasteiger partial charge in [0.05, 0.1) is 0 Å². The van der Waals surface area contributed by atoms with Crippen LogP contribution in [0.5, 0.6) is 0 Å². The third kappa shape index (κ3) is 5.72. The number of nitrogens with zero attached hydrogens (tertiary/aromatic N) is 2. The second-order valence-corrected chi connectivity index (χ2v) is 13.8. The Hall–Kier alpha value is -5.08. The van der Waals surface area contributed by atoms with Crippen molar-refractivity contribution in [1.82, 2.24) is 0 Å². The van der Waals surface area contributed by atoms with Crippen LogP contribution in [0.25, 0.3) is 11.1 Å². The number of hydrogen-bond donors (Lipinski definition) is 0. The van der Waals surface area contributed by atoms with E-state index in [-0.39, 0.29) is 10.8 Å². The first-order valence-electron chi connectivity index (χ1n) is 16.4. The first-order chi connectivity index (χ1) is 22.3. The van der Waals surface area contributed by atoms with E-state index in [1.54, 1.807) is 0 Å². The highest BCUT2D eigenvalue weighted by atomic mass is 15.1. The Balaban J connectivity index is 1.32. The topological polar surface area (TPSA) is 6.48 Å². The van der Waals surface area contributed by atoms with Gasteiger partial charge >= 0.3 is 0 Å². The molecule has 0 amide bonds. The number of anilines is 6. The van der Waals surface area contributed by atoms with Gasteiger partial charge in [-0.3, -0.25) is 0 Å². The van der Waals surface area contributed by atoms with Gasteiger partial charge in [0.2, 0.25) is 0 Å². The van der Waals surface area contributed by atoms with E-state index in [1.165, 1.54) is 40.8 Å². The van der Waals surface area contributed by atoms with Crippen molar-refractivity contribution in [3.05, 3.63) is 169 Å². The molecule has 0 radical (unpaired) electrons. The van der Waals surface area contributed by atoms with Crippen LogP contribution in [-0.2, 0) is 10.8 Å². The highest BCUT2D eigenvalue weighted by molar-refractivity contribution is 5.83. The standard InChI is InChI=1S/C44H42N2/c1-43(2)28-29-44(3,4)42-32-40(26-27-41(42)43)46(37-22-12-7-13-23-37)39-25-15-17-34(31-39)33-16-14-24-38(30-33)45(35-18-8-5-9-19-35)36-20-10-6-11-21-36/h5-27,30-32H,28-29H2,1-4H3. The van der Waals surface area contributed by atoms with Crippen molar-refractivity contribution < 1.29 is 0 Å². The van der Waals surface area contributed by atoms with Crippen molar-refractivity contribution in [3.63, 3.8) is 0 Å². The Morgan fingerprint density at radius 3 is 1.17 bits per heavy atom. The fraction of sp³-hybridized carbons (Fsp3) is 0.182. The van der Waals surface area contributed by atoms with Crippen molar-refractivity contribution >= 4 is 34.1 Å². The van der Waals surface area contributed by atoms with E-state index in [2.05, 4.69) is 195 Å². The van der Waals surface area contributed by atoms with E-state index < -0.39 is 0 Å². The molecule has 0 aliphatic heterocycles. The van der Waals surface area contributed by atoms with Gasteiger partial charge < -0.3 is 9.80 Å². The molecule has 1 aliphatic rings. The second-order valence-electron chi connectivity index (χ2n) is 13.8. The van der Waals surface area contributed by atoms with E-state index in [0.717, 1.165) is 28.4 Å². The second kappa shape index (κ2) is 12.0. The van der Waals surface area contributed by atoms with Gasteiger partial charge in [-0.05, 0) is 119 Å². The van der Waals surface area contributed by atoms with Crippen LogP contribution < -0.4 is 9.80 Å². The van der Waals surface area contributed by atoms with Crippen LogP contribution in [0, 0.1) is 0 Å². The van der Waals surface area contributed by atoms with Crippen LogP contribution in [-0.4, -0.2) is 0 Å². The highest BCUT2D eigenvalue weighted by Gasteiger charge is 2.37. The lowest BCUT2D eigenvalue weighted by Crippen LogP contribution is -2.34. The third-order valence-electron chi connectivity index (χ3n) is 9.68. The highest BCUT2D eigenvalue weighted by Crippen LogP contribution is 2.48. The average molecular weight is 599 g/mol. The third-order valence-corrected chi connectivity index (χ3v) is 9.68. The maximum absolute atomic E-state index is 2.45. The average Bonchev–Trinajstić information content (AvgIpc) is 3.09. The van der Waals surface area contributed by atoms with Crippen LogP contribution in [0.15, 0.2) is 158 Å². The number of fused-ring (bicyclic) bond motifs is 1. The molecule has 6 aromatic carbocycles. The fourth-order valence-corrected chi connectivity index (χ4v) is 6.99. The molecule has 2 heteroatoms. The maximum Gasteiger partial charge on any atom is 0.0467 e. The van der Waals surface area contributed by atoms with Crippen molar-refractivity contribution in [2.75, 3.05) is 9.80 Å². The zero-order valence-corrected chi connectivity index (χ0v) is 27.3. The molecule has 0 N–H and O–H groups in total. The van der Waals surface area contributed by atoms with Crippen LogP contribution in [0.1, 0.15) is 51.7 Å². The maximum atomic E-state index is 2.45. The molecule has 0 spiro atoms. The summed E-state index contributed by atoms with van der Waals surface area (Å²) in [7, 11) is 0. The lowest BCUT2D eigenvalue weighted by atomic mass is 9.63. The Morgan fingerprint density at radius 2 is 0.717 bits per heavy atom. The number of hydrogen-bond acceptors (Lipinski definition) is 2. The van der Waals surface area contributed by atoms with Crippen LogP contribution >= 0.6 is 0 Å². The summed E-state index contributed by atoms with van der Waals surface area (Å²) in [6.07, 6.45) is 2.40. The summed E-state index contributed by atoms with van der Waals surface area (Å²) >= 11 is 0. The zero-order chi connectivity index (χ0) is 31.7. The predicted octanol–water partition coefficient (Wildman–Crippen LogP) is 12.6. The molecule has 0 unspecified atom stereocenters. The Bertz CT molecular complexity index is 1900. The van der Waals surface area contributed by atoms with Gasteiger partial charge in [-0.15, -0.1) is 0 Å². The largest absolute Gasteiger partial charge is 0.310 e. The van der Waals surface area contributed by atoms with Crippen LogP contribution in [0.2, 0.25) is 0 Å². The molecule has 0 aromatic heterocycles. The summed E-state index contributed by atoms with van der Waals surface area (Å²) in [5, 5.41) is 0. The molecular formula is C44H42N2. The van der Waals surface area contributed by atoms with Gasteiger partial charge in [0.15, 0.2) is 0 Å². The molecule has 6 aromatic rings. The molecule has 0 saturated heterocycles. The Morgan fingerprint density at radius 1 is 0.348 bits per heavy atom. The number of rotatable bonds is 7. The van der Waals surface area contributed by atoms with Gasteiger partial charge in [0, 0.05) is 34.1 Å². The minimum absolute atomic E-state index is 0.134. The first-order valence-corrected chi connectivity index (χ1v) is 16.4. The van der Waals surface area contributed by atoms with Crippen molar-refractivity contribution in [1.29, 1.82) is 0 Å². The molecule has 2 nitrogen and oxygen atoms in total. The summed E-state index contributed by atoms with van der Waals surface area (Å²) in [6.45, 7) is 9.59.